The molecule has 2 aromatic heterocycles. The van der Waals surface area contributed by atoms with Crippen molar-refractivity contribution in [3.05, 3.63) is 35.0 Å². The lowest BCUT2D eigenvalue weighted by molar-refractivity contribution is 0.0941. The highest BCUT2D eigenvalue weighted by atomic mass is 16.5. The summed E-state index contributed by atoms with van der Waals surface area (Å²) in [6, 6.07) is 1.76. The molecule has 1 fully saturated rings. The van der Waals surface area contributed by atoms with Crippen LogP contribution in [0.15, 0.2) is 16.8 Å². The molecule has 1 saturated carbocycles. The minimum atomic E-state index is -0.179. The monoisotopic (exact) mass is 286 g/mol. The second-order valence-electron chi connectivity index (χ2n) is 5.87. The van der Waals surface area contributed by atoms with E-state index < -0.39 is 0 Å². The Kier molecular flexibility index (Phi) is 3.02. The average molecular weight is 286 g/mol. The maximum absolute atomic E-state index is 12.1. The fourth-order valence-electron chi connectivity index (χ4n) is 2.86. The van der Waals surface area contributed by atoms with Crippen LogP contribution in [0.2, 0.25) is 0 Å². The van der Waals surface area contributed by atoms with Crippen LogP contribution in [-0.2, 0) is 19.5 Å². The van der Waals surface area contributed by atoms with Gasteiger partial charge in [-0.3, -0.25) is 9.48 Å². The number of nitrogens with zero attached hydrogens (tertiary/aromatic N) is 3. The summed E-state index contributed by atoms with van der Waals surface area (Å²) in [5.41, 5.74) is 2.73. The molecule has 0 aromatic carbocycles. The summed E-state index contributed by atoms with van der Waals surface area (Å²) in [5, 5.41) is 11.1. The molecule has 0 spiro atoms. The molecule has 0 radical (unpaired) electrons. The van der Waals surface area contributed by atoms with Gasteiger partial charge in [0.15, 0.2) is 5.69 Å². The lowest BCUT2D eigenvalue weighted by atomic mass is 10.1. The highest BCUT2D eigenvalue weighted by molar-refractivity contribution is 5.92. The van der Waals surface area contributed by atoms with Crippen LogP contribution in [0.5, 0.6) is 0 Å². The minimum absolute atomic E-state index is 0.179. The predicted molar refractivity (Wildman–Crippen MR) is 74.8 cm³/mol. The Morgan fingerprint density at radius 1 is 1.43 bits per heavy atom. The Hall–Kier alpha value is -2.11. The van der Waals surface area contributed by atoms with Crippen molar-refractivity contribution in [2.24, 2.45) is 0 Å². The van der Waals surface area contributed by atoms with Crippen molar-refractivity contribution in [1.82, 2.24) is 20.3 Å². The highest BCUT2D eigenvalue weighted by Gasteiger charge is 2.28. The van der Waals surface area contributed by atoms with Crippen molar-refractivity contribution in [2.45, 2.75) is 51.1 Å². The molecule has 0 unspecified atom stereocenters. The van der Waals surface area contributed by atoms with E-state index in [9.17, 15) is 4.79 Å². The van der Waals surface area contributed by atoms with Crippen LogP contribution in [-0.4, -0.2) is 20.8 Å². The van der Waals surface area contributed by atoms with Gasteiger partial charge in [-0.05, 0) is 32.1 Å². The van der Waals surface area contributed by atoms with Gasteiger partial charge in [-0.25, -0.2) is 0 Å². The summed E-state index contributed by atoms with van der Waals surface area (Å²) < 4.78 is 7.26. The first-order chi connectivity index (χ1) is 10.3. The zero-order valence-corrected chi connectivity index (χ0v) is 11.8. The third-order valence-electron chi connectivity index (χ3n) is 4.25. The topological polar surface area (TPSA) is 73.0 Å². The van der Waals surface area contributed by atoms with Gasteiger partial charge in [-0.15, -0.1) is 0 Å². The highest BCUT2D eigenvalue weighted by Crippen LogP contribution is 2.40. The Morgan fingerprint density at radius 3 is 3.19 bits per heavy atom. The lowest BCUT2D eigenvalue weighted by Gasteiger charge is -2.14. The van der Waals surface area contributed by atoms with Crippen molar-refractivity contribution in [3.63, 3.8) is 0 Å². The third-order valence-corrected chi connectivity index (χ3v) is 4.25. The zero-order valence-electron chi connectivity index (χ0n) is 11.8. The maximum Gasteiger partial charge on any atom is 0.273 e. The van der Waals surface area contributed by atoms with E-state index in [1.807, 2.05) is 10.9 Å². The van der Waals surface area contributed by atoms with Crippen LogP contribution < -0.4 is 5.32 Å². The number of aromatic nitrogens is 3. The molecule has 1 amide bonds. The van der Waals surface area contributed by atoms with Gasteiger partial charge in [0.25, 0.3) is 5.91 Å². The van der Waals surface area contributed by atoms with E-state index in [2.05, 4.69) is 15.6 Å². The first kappa shape index (κ1) is 12.6. The summed E-state index contributed by atoms with van der Waals surface area (Å²) in [4.78, 5) is 12.1. The molecule has 0 atom stereocenters. The van der Waals surface area contributed by atoms with Crippen molar-refractivity contribution in [1.29, 1.82) is 0 Å². The van der Waals surface area contributed by atoms with E-state index in [1.54, 1.807) is 6.07 Å². The van der Waals surface area contributed by atoms with Gasteiger partial charge in [0.1, 0.15) is 5.76 Å². The molecule has 6 nitrogen and oxygen atoms in total. The molecule has 4 rings (SSSR count). The number of hydrogen-bond acceptors (Lipinski definition) is 4. The van der Waals surface area contributed by atoms with E-state index in [4.69, 9.17) is 4.52 Å². The third kappa shape index (κ3) is 2.46. The quantitative estimate of drug-likeness (QED) is 0.933. The first-order valence-corrected chi connectivity index (χ1v) is 7.59. The van der Waals surface area contributed by atoms with Crippen molar-refractivity contribution in [2.75, 3.05) is 0 Å². The summed E-state index contributed by atoms with van der Waals surface area (Å²) in [6.45, 7) is 1.48. The molecule has 0 saturated heterocycles. The molecule has 2 aromatic rings. The van der Waals surface area contributed by atoms with Crippen LogP contribution in [0.1, 0.15) is 59.1 Å². The van der Waals surface area contributed by atoms with Gasteiger partial charge in [-0.2, -0.15) is 5.10 Å². The lowest BCUT2D eigenvalue weighted by Crippen LogP contribution is -2.24. The van der Waals surface area contributed by atoms with Crippen molar-refractivity contribution < 1.29 is 9.32 Å². The van der Waals surface area contributed by atoms with Gasteiger partial charge in [0, 0.05) is 36.3 Å². The molecule has 1 N–H and O–H groups in total. The molecular weight excluding hydrogens is 268 g/mol. The molecule has 3 heterocycles. The van der Waals surface area contributed by atoms with Gasteiger partial charge < -0.3 is 9.84 Å². The van der Waals surface area contributed by atoms with E-state index in [0.717, 1.165) is 37.1 Å². The Bertz CT molecular complexity index is 669. The van der Waals surface area contributed by atoms with Gasteiger partial charge in [0.2, 0.25) is 0 Å². The molecule has 1 aliphatic carbocycles. The number of carbonyl (C=O) groups is 1. The van der Waals surface area contributed by atoms with Crippen LogP contribution in [0, 0.1) is 0 Å². The number of aryl methyl sites for hydroxylation is 1. The first-order valence-electron chi connectivity index (χ1n) is 7.59. The summed E-state index contributed by atoms with van der Waals surface area (Å²) in [6.07, 6.45) is 7.56. The van der Waals surface area contributed by atoms with Crippen molar-refractivity contribution >= 4 is 5.91 Å². The standard InChI is InChI=1S/C15H18N4O2/c20-15(12-7-14(21-18-12)10-4-5-10)16-8-11-9-17-19-6-2-1-3-13(11)19/h7,9-10H,1-6,8H2,(H,16,20). The Labute approximate surface area is 122 Å². The van der Waals surface area contributed by atoms with Gasteiger partial charge in [-0.1, -0.05) is 5.16 Å². The molecule has 6 heteroatoms. The van der Waals surface area contributed by atoms with Crippen molar-refractivity contribution in [3.8, 4) is 0 Å². The summed E-state index contributed by atoms with van der Waals surface area (Å²) in [5.74, 6) is 1.13. The average Bonchev–Trinajstić information content (AvgIpc) is 3.11. The van der Waals surface area contributed by atoms with E-state index in [-0.39, 0.29) is 5.91 Å². The number of carbonyl (C=O) groups excluding carboxylic acids is 1. The number of amides is 1. The molecule has 2 aliphatic rings. The molecule has 21 heavy (non-hydrogen) atoms. The predicted octanol–water partition coefficient (Wildman–Crippen LogP) is 2.01. The summed E-state index contributed by atoms with van der Waals surface area (Å²) >= 11 is 0. The number of hydrogen-bond donors (Lipinski definition) is 1. The smallest absolute Gasteiger partial charge is 0.273 e. The number of fused-ring (bicyclic) bond motifs is 1. The molecule has 0 bridgehead atoms. The molecule has 1 aliphatic heterocycles. The maximum atomic E-state index is 12.1. The second-order valence-corrected chi connectivity index (χ2v) is 5.87. The van der Waals surface area contributed by atoms with E-state index >= 15 is 0 Å². The van der Waals surface area contributed by atoms with Crippen LogP contribution >= 0.6 is 0 Å². The van der Waals surface area contributed by atoms with Crippen LogP contribution in [0.25, 0.3) is 0 Å². The second kappa shape index (κ2) is 5.02. The van der Waals surface area contributed by atoms with Crippen LogP contribution in [0.3, 0.4) is 0 Å². The number of rotatable bonds is 4. The Balaban J connectivity index is 1.41. The fraction of sp³-hybridized carbons (Fsp3) is 0.533. The van der Waals surface area contributed by atoms with Gasteiger partial charge in [0.05, 0.1) is 6.20 Å². The minimum Gasteiger partial charge on any atom is -0.360 e. The fourth-order valence-corrected chi connectivity index (χ4v) is 2.86. The largest absolute Gasteiger partial charge is 0.360 e. The normalized spacial score (nSPS) is 17.5. The zero-order chi connectivity index (χ0) is 14.2. The molecular formula is C15H18N4O2. The SMILES string of the molecule is O=C(NCc1cnn2c1CCCC2)c1cc(C2CC2)on1. The van der Waals surface area contributed by atoms with Gasteiger partial charge >= 0.3 is 0 Å². The van der Waals surface area contributed by atoms with Crippen LogP contribution in [0.4, 0.5) is 0 Å². The summed E-state index contributed by atoms with van der Waals surface area (Å²) in [7, 11) is 0. The molecule has 110 valence electrons. The Morgan fingerprint density at radius 2 is 2.33 bits per heavy atom. The van der Waals surface area contributed by atoms with E-state index in [0.29, 0.717) is 18.2 Å². The van der Waals surface area contributed by atoms with E-state index in [1.165, 1.54) is 18.5 Å². The number of nitrogens with one attached hydrogen (secondary N) is 1.